The maximum atomic E-state index is 4.37. The van der Waals surface area contributed by atoms with Crippen LogP contribution in [-0.2, 0) is 0 Å². The molecule has 10 heavy (non-hydrogen) atoms. The van der Waals surface area contributed by atoms with E-state index in [1.165, 1.54) is 11.1 Å². The molecule has 51 valence electrons. The third-order valence-electron chi connectivity index (χ3n) is 1.54. The van der Waals surface area contributed by atoms with Gasteiger partial charge in [-0.2, -0.15) is 0 Å². The van der Waals surface area contributed by atoms with Crippen molar-refractivity contribution in [3.05, 3.63) is 30.3 Å². The van der Waals surface area contributed by atoms with E-state index in [1.54, 1.807) is 0 Å². The van der Waals surface area contributed by atoms with Crippen LogP contribution in [0.15, 0.2) is 29.3 Å². The predicted molar refractivity (Wildman–Crippen MR) is 46.0 cm³/mol. The number of hydrogen-bond donors (Lipinski definition) is 0. The van der Waals surface area contributed by atoms with Crippen LogP contribution in [-0.4, -0.2) is 10.3 Å². The van der Waals surface area contributed by atoms with Crippen LogP contribution in [0.4, 0.5) is 0 Å². The molecule has 0 aromatic heterocycles. The van der Waals surface area contributed by atoms with Crippen molar-refractivity contribution in [2.45, 2.75) is 12.2 Å². The van der Waals surface area contributed by atoms with E-state index in [9.17, 15) is 0 Å². The van der Waals surface area contributed by atoms with Crippen molar-refractivity contribution in [1.82, 2.24) is 0 Å². The highest BCUT2D eigenvalue weighted by Crippen LogP contribution is 2.35. The van der Waals surface area contributed by atoms with Crippen molar-refractivity contribution < 1.29 is 0 Å². The van der Waals surface area contributed by atoms with Gasteiger partial charge in [0.2, 0.25) is 0 Å². The summed E-state index contributed by atoms with van der Waals surface area (Å²) in [5.41, 5.74) is 0. The number of nitrogens with zero attached hydrogens (tertiary/aromatic N) is 1. The molecule has 0 saturated heterocycles. The first-order valence-corrected chi connectivity index (χ1v) is 4.18. The molecule has 1 unspecified atom stereocenters. The van der Waals surface area contributed by atoms with Crippen molar-refractivity contribution in [3.63, 3.8) is 0 Å². The van der Waals surface area contributed by atoms with Crippen LogP contribution in [0.1, 0.15) is 6.92 Å². The lowest BCUT2D eigenvalue weighted by Crippen LogP contribution is -2.04. The number of thioether (sulfide) groups is 1. The van der Waals surface area contributed by atoms with Gasteiger partial charge in [-0.3, -0.25) is 4.99 Å². The average molecular weight is 150 g/mol. The molecule has 1 aliphatic heterocycles. The van der Waals surface area contributed by atoms with Gasteiger partial charge in [0.05, 0.1) is 10.3 Å². The summed E-state index contributed by atoms with van der Waals surface area (Å²) >= 11 is 1.82. The third kappa shape index (κ3) is 0.926. The van der Waals surface area contributed by atoms with E-state index < -0.39 is 0 Å². The van der Waals surface area contributed by atoms with Crippen molar-refractivity contribution >= 4 is 16.8 Å². The number of rotatable bonds is 0. The average Bonchev–Trinajstić information content (AvgIpc) is 2.27. The van der Waals surface area contributed by atoms with Crippen LogP contribution >= 0.6 is 11.8 Å². The zero-order valence-corrected chi connectivity index (χ0v) is 6.56. The number of hydrogen-bond acceptors (Lipinski definition) is 2. The Morgan fingerprint density at radius 2 is 2.40 bits per heavy atom. The topological polar surface area (TPSA) is 12.4 Å². The molecule has 1 radical (unpaired) electrons. The first-order valence-electron chi connectivity index (χ1n) is 3.30. The molecule has 1 atom stereocenters. The van der Waals surface area contributed by atoms with Gasteiger partial charge in [0, 0.05) is 0 Å². The van der Waals surface area contributed by atoms with E-state index in [4.69, 9.17) is 0 Å². The Labute approximate surface area is 64.9 Å². The van der Waals surface area contributed by atoms with Crippen LogP contribution in [0.5, 0.6) is 0 Å². The van der Waals surface area contributed by atoms with Crippen molar-refractivity contribution in [2.24, 2.45) is 4.99 Å². The first kappa shape index (κ1) is 6.23. The van der Waals surface area contributed by atoms with Gasteiger partial charge in [-0.25, -0.2) is 0 Å². The SMILES string of the molecule is CC1=N[C]2C=CC=CC2S1. The minimum absolute atomic E-state index is 0.505. The quantitative estimate of drug-likeness (QED) is 0.515. The van der Waals surface area contributed by atoms with Crippen LogP contribution in [0.3, 0.4) is 0 Å². The minimum Gasteiger partial charge on any atom is -0.268 e. The molecule has 2 aliphatic rings. The van der Waals surface area contributed by atoms with Crippen molar-refractivity contribution in [2.75, 3.05) is 0 Å². The maximum absolute atomic E-state index is 4.37. The molecule has 0 bridgehead atoms. The van der Waals surface area contributed by atoms with E-state index >= 15 is 0 Å². The predicted octanol–water partition coefficient (Wildman–Crippen LogP) is 2.18. The second-order valence-electron chi connectivity index (χ2n) is 2.34. The van der Waals surface area contributed by atoms with Gasteiger partial charge >= 0.3 is 0 Å². The molecule has 1 aliphatic carbocycles. The molecule has 0 spiro atoms. The van der Waals surface area contributed by atoms with Gasteiger partial charge in [0.1, 0.15) is 6.04 Å². The lowest BCUT2D eigenvalue weighted by Gasteiger charge is -2.09. The largest absolute Gasteiger partial charge is 0.268 e. The van der Waals surface area contributed by atoms with E-state index in [0.29, 0.717) is 5.25 Å². The Morgan fingerprint density at radius 1 is 1.50 bits per heavy atom. The van der Waals surface area contributed by atoms with E-state index in [0.717, 1.165) is 0 Å². The van der Waals surface area contributed by atoms with E-state index in [1.807, 2.05) is 17.8 Å². The van der Waals surface area contributed by atoms with Gasteiger partial charge in [0.15, 0.2) is 0 Å². The molecule has 2 rings (SSSR count). The zero-order valence-electron chi connectivity index (χ0n) is 5.74. The molecule has 0 N–H and O–H groups in total. The van der Waals surface area contributed by atoms with Crippen molar-refractivity contribution in [3.8, 4) is 0 Å². The maximum Gasteiger partial charge on any atom is 0.126 e. The molecule has 0 fully saturated rings. The first-order chi connectivity index (χ1) is 4.86. The lowest BCUT2D eigenvalue weighted by atomic mass is 10.1. The Kier molecular flexibility index (Phi) is 1.42. The van der Waals surface area contributed by atoms with Gasteiger partial charge < -0.3 is 0 Å². The Bertz CT molecular complexity index is 227. The van der Waals surface area contributed by atoms with Crippen LogP contribution in [0.2, 0.25) is 0 Å². The van der Waals surface area contributed by atoms with Gasteiger partial charge in [-0.1, -0.05) is 24.3 Å². The summed E-state index contributed by atoms with van der Waals surface area (Å²) in [5, 5.41) is 1.68. The standard InChI is InChI=1S/C8H8NS/c1-6-9-7-4-2-3-5-8(7)10-6/h2-5,8H,1H3. The van der Waals surface area contributed by atoms with Gasteiger partial charge in [0.25, 0.3) is 0 Å². The highest BCUT2D eigenvalue weighted by molar-refractivity contribution is 8.15. The van der Waals surface area contributed by atoms with E-state index in [-0.39, 0.29) is 0 Å². The normalized spacial score (nSPS) is 30.5. The highest BCUT2D eigenvalue weighted by atomic mass is 32.2. The summed E-state index contributed by atoms with van der Waals surface area (Å²) in [5.74, 6) is 0. The summed E-state index contributed by atoms with van der Waals surface area (Å²) < 4.78 is 0. The minimum atomic E-state index is 0.505. The number of aliphatic imine (C=N–C) groups is 1. The molecule has 1 nitrogen and oxygen atoms in total. The summed E-state index contributed by atoms with van der Waals surface area (Å²) in [6.45, 7) is 2.05. The summed E-state index contributed by atoms with van der Waals surface area (Å²) in [6.07, 6.45) is 8.37. The molecular weight excluding hydrogens is 142 g/mol. The summed E-state index contributed by atoms with van der Waals surface area (Å²) in [4.78, 5) is 4.37. The van der Waals surface area contributed by atoms with Gasteiger partial charge in [-0.05, 0) is 6.92 Å². The van der Waals surface area contributed by atoms with Crippen LogP contribution in [0, 0.1) is 6.04 Å². The Hall–Kier alpha value is -0.500. The number of allylic oxidation sites excluding steroid dienone is 2. The fraction of sp³-hybridized carbons (Fsp3) is 0.250. The Morgan fingerprint density at radius 3 is 3.20 bits per heavy atom. The molecule has 0 aromatic carbocycles. The summed E-state index contributed by atoms with van der Waals surface area (Å²) in [7, 11) is 0. The molecule has 0 amide bonds. The fourth-order valence-corrected chi connectivity index (χ4v) is 2.05. The monoisotopic (exact) mass is 150 g/mol. The van der Waals surface area contributed by atoms with Crippen molar-refractivity contribution in [1.29, 1.82) is 0 Å². The molecular formula is C8H8NS. The fourth-order valence-electron chi connectivity index (χ4n) is 1.11. The third-order valence-corrected chi connectivity index (χ3v) is 2.62. The molecule has 2 heteroatoms. The van der Waals surface area contributed by atoms with Crippen LogP contribution in [0.25, 0.3) is 0 Å². The molecule has 1 heterocycles. The van der Waals surface area contributed by atoms with Crippen LogP contribution < -0.4 is 0 Å². The van der Waals surface area contributed by atoms with E-state index in [2.05, 4.69) is 30.1 Å². The number of fused-ring (bicyclic) bond motifs is 1. The second kappa shape index (κ2) is 2.27. The smallest absolute Gasteiger partial charge is 0.126 e. The Balaban J connectivity index is 2.24. The molecule has 0 aromatic rings. The van der Waals surface area contributed by atoms with Gasteiger partial charge in [-0.15, -0.1) is 11.8 Å². The second-order valence-corrected chi connectivity index (χ2v) is 3.67. The lowest BCUT2D eigenvalue weighted by molar-refractivity contribution is 1.05. The summed E-state index contributed by atoms with van der Waals surface area (Å²) in [6, 6.07) is 1.20. The molecule has 0 saturated carbocycles. The highest BCUT2D eigenvalue weighted by Gasteiger charge is 2.25. The zero-order chi connectivity index (χ0) is 6.97.